The molecule has 0 aliphatic carbocycles. The van der Waals surface area contributed by atoms with Crippen molar-refractivity contribution in [3.8, 4) is 17.6 Å². The maximum atomic E-state index is 12.5. The Bertz CT molecular complexity index is 882. The minimum atomic E-state index is -2.96. The summed E-state index contributed by atoms with van der Waals surface area (Å²) in [6.07, 6.45) is 3.64. The summed E-state index contributed by atoms with van der Waals surface area (Å²) in [6.45, 7) is -2.56. The van der Waals surface area contributed by atoms with Crippen molar-refractivity contribution in [2.75, 3.05) is 11.9 Å². The van der Waals surface area contributed by atoms with Crippen LogP contribution in [0.4, 0.5) is 14.5 Å². The van der Waals surface area contributed by atoms with E-state index in [1.165, 1.54) is 18.2 Å². The zero-order valence-corrected chi connectivity index (χ0v) is 16.3. The number of carbonyl (C=O) groups excluding carboxylic acids is 1. The smallest absolute Gasteiger partial charge is 0.387 e. The SMILES string of the molecule is N#CCCCOc1cccc(NC(=O)C=Cc2cc(Br)ccc2OC(F)F)c1. The third-order valence-corrected chi connectivity index (χ3v) is 3.90. The van der Waals surface area contributed by atoms with E-state index in [1.54, 1.807) is 36.4 Å². The van der Waals surface area contributed by atoms with Crippen LogP contribution < -0.4 is 14.8 Å². The molecule has 1 amide bonds. The van der Waals surface area contributed by atoms with Crippen molar-refractivity contribution < 1.29 is 23.0 Å². The van der Waals surface area contributed by atoms with Gasteiger partial charge in [-0.2, -0.15) is 14.0 Å². The Hall–Kier alpha value is -2.92. The summed E-state index contributed by atoms with van der Waals surface area (Å²) in [5, 5.41) is 11.2. The van der Waals surface area contributed by atoms with Crippen molar-refractivity contribution in [3.63, 3.8) is 0 Å². The molecule has 0 radical (unpaired) electrons. The number of rotatable bonds is 9. The Kier molecular flexibility index (Phi) is 8.43. The fraction of sp³-hybridized carbons (Fsp3) is 0.200. The number of hydrogen-bond donors (Lipinski definition) is 1. The van der Waals surface area contributed by atoms with Gasteiger partial charge in [0, 0.05) is 34.3 Å². The Balaban J connectivity index is 2.00. The van der Waals surface area contributed by atoms with Gasteiger partial charge in [0.2, 0.25) is 5.91 Å². The van der Waals surface area contributed by atoms with Crippen LogP contribution >= 0.6 is 15.9 Å². The van der Waals surface area contributed by atoms with Gasteiger partial charge in [0.25, 0.3) is 0 Å². The number of unbranched alkanes of at least 4 members (excludes halogenated alkanes) is 1. The van der Waals surface area contributed by atoms with Gasteiger partial charge in [0.15, 0.2) is 0 Å². The minimum Gasteiger partial charge on any atom is -0.493 e. The van der Waals surface area contributed by atoms with E-state index in [9.17, 15) is 13.6 Å². The first-order valence-corrected chi connectivity index (χ1v) is 9.10. The van der Waals surface area contributed by atoms with Crippen molar-refractivity contribution in [2.24, 2.45) is 0 Å². The van der Waals surface area contributed by atoms with Crippen LogP contribution in [0.15, 0.2) is 53.0 Å². The fourth-order valence-electron chi connectivity index (χ4n) is 2.21. The summed E-state index contributed by atoms with van der Waals surface area (Å²) in [6, 6.07) is 13.4. The number of carbonyl (C=O) groups is 1. The summed E-state index contributed by atoms with van der Waals surface area (Å²) in [7, 11) is 0. The van der Waals surface area contributed by atoms with Crippen molar-refractivity contribution in [1.29, 1.82) is 5.26 Å². The van der Waals surface area contributed by atoms with Gasteiger partial charge in [-0.25, -0.2) is 0 Å². The van der Waals surface area contributed by atoms with Gasteiger partial charge in [-0.3, -0.25) is 4.79 Å². The van der Waals surface area contributed by atoms with Crippen LogP contribution in [0, 0.1) is 11.3 Å². The molecule has 2 aromatic carbocycles. The van der Waals surface area contributed by atoms with Crippen molar-refractivity contribution in [2.45, 2.75) is 19.5 Å². The number of nitrogens with one attached hydrogen (secondary N) is 1. The third-order valence-electron chi connectivity index (χ3n) is 3.41. The van der Waals surface area contributed by atoms with Crippen molar-refractivity contribution in [3.05, 3.63) is 58.6 Å². The van der Waals surface area contributed by atoms with Crippen LogP contribution in [0.3, 0.4) is 0 Å². The maximum Gasteiger partial charge on any atom is 0.387 e. The molecule has 0 aromatic heterocycles. The van der Waals surface area contributed by atoms with Gasteiger partial charge in [0.05, 0.1) is 12.7 Å². The summed E-state index contributed by atoms with van der Waals surface area (Å²) >= 11 is 3.25. The molecule has 0 fully saturated rings. The highest BCUT2D eigenvalue weighted by atomic mass is 79.9. The zero-order chi connectivity index (χ0) is 20.4. The van der Waals surface area contributed by atoms with Gasteiger partial charge in [0.1, 0.15) is 11.5 Å². The predicted octanol–water partition coefficient (Wildman–Crippen LogP) is 5.38. The molecule has 0 saturated heterocycles. The van der Waals surface area contributed by atoms with Gasteiger partial charge in [-0.15, -0.1) is 0 Å². The van der Waals surface area contributed by atoms with E-state index in [-0.39, 0.29) is 5.75 Å². The Morgan fingerprint density at radius 1 is 1.29 bits per heavy atom. The number of benzene rings is 2. The second kappa shape index (κ2) is 11.0. The first kappa shape index (κ1) is 21.4. The quantitative estimate of drug-likeness (QED) is 0.410. The van der Waals surface area contributed by atoms with Gasteiger partial charge < -0.3 is 14.8 Å². The molecular formula is C20H17BrF2N2O3. The highest BCUT2D eigenvalue weighted by Gasteiger charge is 2.09. The third kappa shape index (κ3) is 7.37. The first-order valence-electron chi connectivity index (χ1n) is 8.31. The van der Waals surface area contributed by atoms with Crippen LogP contribution in [0.25, 0.3) is 6.08 Å². The number of nitriles is 1. The Labute approximate surface area is 169 Å². The van der Waals surface area contributed by atoms with Gasteiger partial charge in [-0.05, 0) is 42.8 Å². The predicted molar refractivity (Wildman–Crippen MR) is 105 cm³/mol. The first-order chi connectivity index (χ1) is 13.5. The normalized spacial score (nSPS) is 10.7. The molecule has 0 atom stereocenters. The zero-order valence-electron chi connectivity index (χ0n) is 14.7. The minimum absolute atomic E-state index is 0.0324. The van der Waals surface area contributed by atoms with E-state index in [0.717, 1.165) is 0 Å². The molecule has 0 spiro atoms. The highest BCUT2D eigenvalue weighted by molar-refractivity contribution is 9.10. The number of ether oxygens (including phenoxy) is 2. The molecule has 2 rings (SSSR count). The molecule has 0 unspecified atom stereocenters. The number of anilines is 1. The molecule has 5 nitrogen and oxygen atoms in total. The van der Waals surface area contributed by atoms with E-state index >= 15 is 0 Å². The standard InChI is InChI=1S/C20H17BrF2N2O3/c21-15-7-8-18(28-20(22)23)14(12-15)6-9-19(26)25-16-4-3-5-17(13-16)27-11-2-1-10-24/h3-9,12-13,20H,1-2,11H2,(H,25,26). The van der Waals surface area contributed by atoms with Crippen LogP contribution in [0.5, 0.6) is 11.5 Å². The molecule has 0 aliphatic rings. The Morgan fingerprint density at radius 3 is 2.86 bits per heavy atom. The summed E-state index contributed by atoms with van der Waals surface area (Å²) < 4.78 is 35.6. The average Bonchev–Trinajstić information content (AvgIpc) is 2.65. The lowest BCUT2D eigenvalue weighted by Gasteiger charge is -2.09. The van der Waals surface area contributed by atoms with Crippen LogP contribution in [-0.4, -0.2) is 19.1 Å². The van der Waals surface area contributed by atoms with Crippen LogP contribution in [-0.2, 0) is 4.79 Å². The summed E-state index contributed by atoms with van der Waals surface area (Å²) in [5.41, 5.74) is 0.852. The van der Waals surface area contributed by atoms with E-state index in [2.05, 4.69) is 26.0 Å². The molecule has 0 heterocycles. The number of amides is 1. The molecule has 0 aliphatic heterocycles. The van der Waals surface area contributed by atoms with Crippen molar-refractivity contribution in [1.82, 2.24) is 0 Å². The lowest BCUT2D eigenvalue weighted by molar-refractivity contribution is -0.111. The maximum absolute atomic E-state index is 12.5. The average molecular weight is 451 g/mol. The monoisotopic (exact) mass is 450 g/mol. The number of hydrogen-bond acceptors (Lipinski definition) is 4. The van der Waals surface area contributed by atoms with E-state index in [0.29, 0.717) is 40.9 Å². The van der Waals surface area contributed by atoms with Gasteiger partial charge in [-0.1, -0.05) is 22.0 Å². The number of alkyl halides is 2. The molecule has 0 bridgehead atoms. The van der Waals surface area contributed by atoms with Crippen LogP contribution in [0.2, 0.25) is 0 Å². The van der Waals surface area contributed by atoms with Crippen molar-refractivity contribution >= 4 is 33.6 Å². The van der Waals surface area contributed by atoms with E-state index < -0.39 is 12.5 Å². The van der Waals surface area contributed by atoms with E-state index in [1.807, 2.05) is 6.07 Å². The summed E-state index contributed by atoms with van der Waals surface area (Å²) in [4.78, 5) is 12.1. The van der Waals surface area contributed by atoms with Gasteiger partial charge >= 0.3 is 6.61 Å². The fourth-order valence-corrected chi connectivity index (χ4v) is 2.59. The second-order valence-electron chi connectivity index (χ2n) is 5.52. The molecule has 2 aromatic rings. The lowest BCUT2D eigenvalue weighted by Crippen LogP contribution is -2.08. The molecule has 8 heteroatoms. The molecule has 28 heavy (non-hydrogen) atoms. The highest BCUT2D eigenvalue weighted by Crippen LogP contribution is 2.26. The lowest BCUT2D eigenvalue weighted by atomic mass is 10.2. The number of nitrogens with zero attached hydrogens (tertiary/aromatic N) is 1. The van der Waals surface area contributed by atoms with Crippen LogP contribution in [0.1, 0.15) is 18.4 Å². The van der Waals surface area contributed by atoms with E-state index in [4.69, 9.17) is 10.00 Å². The number of halogens is 3. The largest absolute Gasteiger partial charge is 0.493 e. The second-order valence-corrected chi connectivity index (χ2v) is 6.44. The summed E-state index contributed by atoms with van der Waals surface area (Å²) in [5.74, 6) is 0.0962. The molecule has 1 N–H and O–H groups in total. The molecular weight excluding hydrogens is 434 g/mol. The molecule has 146 valence electrons. The topological polar surface area (TPSA) is 71.3 Å². The Morgan fingerprint density at radius 2 is 2.11 bits per heavy atom. The molecule has 0 saturated carbocycles.